The Morgan fingerprint density at radius 1 is 1.20 bits per heavy atom. The Kier molecular flexibility index (Phi) is 8.55. The van der Waals surface area contributed by atoms with Gasteiger partial charge in [0, 0.05) is 26.3 Å². The van der Waals surface area contributed by atoms with Crippen LogP contribution >= 0.6 is 11.8 Å². The summed E-state index contributed by atoms with van der Waals surface area (Å²) >= 11 is 2.09. The van der Waals surface area contributed by atoms with E-state index in [1.165, 1.54) is 43.6 Å². The lowest BCUT2D eigenvalue weighted by Gasteiger charge is -2.10. The number of nitrogens with zero attached hydrogens (tertiary/aromatic N) is 3. The molecule has 5 nitrogen and oxygen atoms in total. The Morgan fingerprint density at radius 2 is 2.00 bits per heavy atom. The number of aromatic nitrogens is 3. The predicted octanol–water partition coefficient (Wildman–Crippen LogP) is 4.21. The van der Waals surface area contributed by atoms with Crippen LogP contribution in [0.3, 0.4) is 0 Å². The molecular weight excluding hydrogens is 332 g/mol. The van der Waals surface area contributed by atoms with Crippen LogP contribution in [-0.4, -0.2) is 39.8 Å². The normalized spacial score (nSPS) is 11.5. The fourth-order valence-corrected chi connectivity index (χ4v) is 4.10. The van der Waals surface area contributed by atoms with E-state index in [0.29, 0.717) is 12.4 Å². The molecule has 0 bridgehead atoms. The standard InChI is InChI=1S/C19H32N4OS/c1-4-5-12-25-13-8-6-7-10-23-16(9-11-24-3)22-17-18(23)15(2)14-21-19(17)20/h14H,4-13H2,1-3H3,(H2,20,21). The maximum atomic E-state index is 6.05. The number of ether oxygens (including phenoxy) is 1. The molecule has 6 heteroatoms. The number of nitrogens with two attached hydrogens (primary N) is 1. The van der Waals surface area contributed by atoms with Crippen LogP contribution in [-0.2, 0) is 17.7 Å². The first-order valence-corrected chi connectivity index (χ1v) is 10.5. The second-order valence-corrected chi connectivity index (χ2v) is 7.70. The number of imidazole rings is 1. The van der Waals surface area contributed by atoms with Crippen LogP contribution in [0.2, 0.25) is 0 Å². The van der Waals surface area contributed by atoms with Gasteiger partial charge in [-0.05, 0) is 43.3 Å². The number of anilines is 1. The van der Waals surface area contributed by atoms with Gasteiger partial charge in [-0.2, -0.15) is 11.8 Å². The maximum Gasteiger partial charge on any atom is 0.151 e. The summed E-state index contributed by atoms with van der Waals surface area (Å²) in [6, 6.07) is 0. The highest BCUT2D eigenvalue weighted by molar-refractivity contribution is 7.99. The minimum absolute atomic E-state index is 0.519. The van der Waals surface area contributed by atoms with Crippen LogP contribution in [0.15, 0.2) is 6.20 Å². The van der Waals surface area contributed by atoms with E-state index in [0.717, 1.165) is 35.4 Å². The van der Waals surface area contributed by atoms with Crippen molar-refractivity contribution in [3.63, 3.8) is 0 Å². The quantitative estimate of drug-likeness (QED) is 0.571. The summed E-state index contributed by atoms with van der Waals surface area (Å²) in [5.41, 5.74) is 9.15. The molecule has 0 fully saturated rings. The summed E-state index contributed by atoms with van der Waals surface area (Å²) in [5.74, 6) is 4.15. The number of aryl methyl sites for hydroxylation is 2. The van der Waals surface area contributed by atoms with Gasteiger partial charge in [-0.25, -0.2) is 9.97 Å². The number of hydrogen-bond acceptors (Lipinski definition) is 5. The monoisotopic (exact) mass is 364 g/mol. The average molecular weight is 365 g/mol. The molecule has 0 atom stereocenters. The number of thioether (sulfide) groups is 1. The Morgan fingerprint density at radius 3 is 2.76 bits per heavy atom. The molecule has 2 aromatic heterocycles. The highest BCUT2D eigenvalue weighted by atomic mass is 32.2. The number of pyridine rings is 1. The zero-order chi connectivity index (χ0) is 18.1. The first-order chi connectivity index (χ1) is 12.2. The van der Waals surface area contributed by atoms with Gasteiger partial charge in [0.15, 0.2) is 5.82 Å². The third kappa shape index (κ3) is 5.61. The SMILES string of the molecule is CCCCSCCCCCn1c(CCOC)nc2c(N)ncc(C)c21. The lowest BCUT2D eigenvalue weighted by atomic mass is 10.2. The first kappa shape index (κ1) is 20.0. The Balaban J connectivity index is 1.99. The van der Waals surface area contributed by atoms with E-state index in [9.17, 15) is 0 Å². The summed E-state index contributed by atoms with van der Waals surface area (Å²) in [4.78, 5) is 9.01. The molecule has 0 aliphatic rings. The van der Waals surface area contributed by atoms with E-state index >= 15 is 0 Å². The molecule has 2 heterocycles. The van der Waals surface area contributed by atoms with Crippen molar-refractivity contribution in [3.05, 3.63) is 17.6 Å². The fraction of sp³-hybridized carbons (Fsp3) is 0.684. The number of fused-ring (bicyclic) bond motifs is 1. The summed E-state index contributed by atoms with van der Waals surface area (Å²) < 4.78 is 7.57. The smallest absolute Gasteiger partial charge is 0.151 e. The molecule has 0 aromatic carbocycles. The van der Waals surface area contributed by atoms with Gasteiger partial charge in [-0.3, -0.25) is 0 Å². The van der Waals surface area contributed by atoms with E-state index in [2.05, 4.69) is 35.2 Å². The highest BCUT2D eigenvalue weighted by Crippen LogP contribution is 2.24. The minimum Gasteiger partial charge on any atom is -0.384 e. The van der Waals surface area contributed by atoms with Gasteiger partial charge in [-0.15, -0.1) is 0 Å². The van der Waals surface area contributed by atoms with Crippen molar-refractivity contribution in [1.82, 2.24) is 14.5 Å². The summed E-state index contributed by atoms with van der Waals surface area (Å²) in [5, 5.41) is 0. The Bertz CT molecular complexity index is 656. The van der Waals surface area contributed by atoms with Gasteiger partial charge in [0.2, 0.25) is 0 Å². The van der Waals surface area contributed by atoms with E-state index < -0.39 is 0 Å². The molecule has 0 aliphatic carbocycles. The van der Waals surface area contributed by atoms with E-state index in [4.69, 9.17) is 15.5 Å². The number of hydrogen-bond donors (Lipinski definition) is 1. The lowest BCUT2D eigenvalue weighted by molar-refractivity contribution is 0.199. The van der Waals surface area contributed by atoms with Crippen LogP contribution in [0.1, 0.15) is 50.4 Å². The third-order valence-corrected chi connectivity index (χ3v) is 5.56. The van der Waals surface area contributed by atoms with Gasteiger partial charge in [0.25, 0.3) is 0 Å². The van der Waals surface area contributed by atoms with E-state index in [1.807, 2.05) is 6.20 Å². The van der Waals surface area contributed by atoms with Gasteiger partial charge in [0.05, 0.1) is 12.1 Å². The third-order valence-electron chi connectivity index (χ3n) is 4.40. The second kappa shape index (κ2) is 10.7. The van der Waals surface area contributed by atoms with Crippen LogP contribution in [0, 0.1) is 6.92 Å². The Hall–Kier alpha value is -1.27. The summed E-state index contributed by atoms with van der Waals surface area (Å²) in [6.45, 7) is 5.99. The van der Waals surface area contributed by atoms with E-state index in [-0.39, 0.29) is 0 Å². The number of nitrogen functional groups attached to an aromatic ring is 1. The Labute approximate surface area is 155 Å². The molecule has 0 saturated carbocycles. The lowest BCUT2D eigenvalue weighted by Crippen LogP contribution is -2.08. The molecule has 0 unspecified atom stereocenters. The molecule has 0 radical (unpaired) electrons. The second-order valence-electron chi connectivity index (χ2n) is 6.47. The molecular formula is C19H32N4OS. The van der Waals surface area contributed by atoms with Crippen LogP contribution in [0.4, 0.5) is 5.82 Å². The van der Waals surface area contributed by atoms with Crippen LogP contribution in [0.5, 0.6) is 0 Å². The molecule has 0 spiro atoms. The molecule has 0 amide bonds. The number of unbranched alkanes of at least 4 members (excludes halogenated alkanes) is 3. The zero-order valence-electron chi connectivity index (χ0n) is 15.9. The van der Waals surface area contributed by atoms with Gasteiger partial charge in [0.1, 0.15) is 11.3 Å². The van der Waals surface area contributed by atoms with Gasteiger partial charge in [-0.1, -0.05) is 19.8 Å². The maximum absolute atomic E-state index is 6.05. The van der Waals surface area contributed by atoms with Crippen LogP contribution < -0.4 is 5.73 Å². The average Bonchev–Trinajstić information content (AvgIpc) is 2.98. The summed E-state index contributed by atoms with van der Waals surface area (Å²) in [7, 11) is 1.73. The van der Waals surface area contributed by atoms with E-state index in [1.54, 1.807) is 7.11 Å². The van der Waals surface area contributed by atoms with Crippen molar-refractivity contribution in [2.45, 2.75) is 58.9 Å². The minimum atomic E-state index is 0.519. The molecule has 2 aromatic rings. The summed E-state index contributed by atoms with van der Waals surface area (Å²) in [6.07, 6.45) is 8.99. The van der Waals surface area contributed by atoms with Crippen molar-refractivity contribution in [1.29, 1.82) is 0 Å². The van der Waals surface area contributed by atoms with Gasteiger partial charge >= 0.3 is 0 Å². The topological polar surface area (TPSA) is 66.0 Å². The van der Waals surface area contributed by atoms with Crippen LogP contribution in [0.25, 0.3) is 11.0 Å². The van der Waals surface area contributed by atoms with Crippen molar-refractivity contribution >= 4 is 28.6 Å². The van der Waals surface area contributed by atoms with Crippen molar-refractivity contribution in [2.75, 3.05) is 31.0 Å². The number of methoxy groups -OCH3 is 1. The predicted molar refractivity (Wildman–Crippen MR) is 108 cm³/mol. The molecule has 0 aliphatic heterocycles. The van der Waals surface area contributed by atoms with Gasteiger partial charge < -0.3 is 15.0 Å². The molecule has 0 saturated heterocycles. The first-order valence-electron chi connectivity index (χ1n) is 9.35. The molecule has 140 valence electrons. The van der Waals surface area contributed by atoms with Crippen molar-refractivity contribution in [2.24, 2.45) is 0 Å². The number of rotatable bonds is 12. The highest BCUT2D eigenvalue weighted by Gasteiger charge is 2.15. The largest absolute Gasteiger partial charge is 0.384 e. The zero-order valence-corrected chi connectivity index (χ0v) is 16.7. The van der Waals surface area contributed by atoms with Crippen molar-refractivity contribution in [3.8, 4) is 0 Å². The molecule has 25 heavy (non-hydrogen) atoms. The molecule has 2 rings (SSSR count). The molecule has 2 N–H and O–H groups in total. The van der Waals surface area contributed by atoms with Crippen molar-refractivity contribution < 1.29 is 4.74 Å². The fourth-order valence-electron chi connectivity index (χ4n) is 2.99.